The fourth-order valence-electron chi connectivity index (χ4n) is 1.57. The Labute approximate surface area is 90.9 Å². The highest BCUT2D eigenvalue weighted by Crippen LogP contribution is 2.26. The van der Waals surface area contributed by atoms with Crippen molar-refractivity contribution in [1.82, 2.24) is 9.55 Å². The molecule has 1 aromatic carbocycles. The Morgan fingerprint density at radius 1 is 1.62 bits per heavy atom. The molecular formula is C10H8N4O2. The molecule has 0 radical (unpaired) electrons. The van der Waals surface area contributed by atoms with Gasteiger partial charge < -0.3 is 4.57 Å². The summed E-state index contributed by atoms with van der Waals surface area (Å²) in [5.41, 5.74) is 0.884. The zero-order valence-corrected chi connectivity index (χ0v) is 8.49. The van der Waals surface area contributed by atoms with E-state index in [0.29, 0.717) is 11.0 Å². The predicted octanol–water partition coefficient (Wildman–Crippen LogP) is 2.03. The maximum atomic E-state index is 10.9. The van der Waals surface area contributed by atoms with Crippen LogP contribution in [0.15, 0.2) is 24.5 Å². The minimum atomic E-state index is -0.480. The molecule has 0 aliphatic heterocycles. The van der Waals surface area contributed by atoms with E-state index >= 15 is 0 Å². The molecule has 0 amide bonds. The van der Waals surface area contributed by atoms with Crippen molar-refractivity contribution in [2.45, 2.75) is 13.0 Å². The van der Waals surface area contributed by atoms with Crippen LogP contribution in [0.3, 0.4) is 0 Å². The van der Waals surface area contributed by atoms with Gasteiger partial charge in [-0.1, -0.05) is 6.07 Å². The molecule has 16 heavy (non-hydrogen) atoms. The van der Waals surface area contributed by atoms with Crippen molar-refractivity contribution in [2.24, 2.45) is 0 Å². The Hall–Kier alpha value is -2.42. The lowest BCUT2D eigenvalue weighted by Gasteiger charge is -2.05. The number of rotatable bonds is 2. The highest BCUT2D eigenvalue weighted by Gasteiger charge is 2.18. The highest BCUT2D eigenvalue weighted by molar-refractivity contribution is 5.85. The first-order valence-electron chi connectivity index (χ1n) is 4.64. The number of hydrogen-bond donors (Lipinski definition) is 0. The molecule has 1 heterocycles. The first-order valence-corrected chi connectivity index (χ1v) is 4.64. The van der Waals surface area contributed by atoms with Crippen LogP contribution in [0.25, 0.3) is 11.0 Å². The van der Waals surface area contributed by atoms with Gasteiger partial charge >= 0.3 is 0 Å². The fourth-order valence-corrected chi connectivity index (χ4v) is 1.57. The minimum absolute atomic E-state index is 0.0305. The van der Waals surface area contributed by atoms with E-state index in [2.05, 4.69) is 4.98 Å². The van der Waals surface area contributed by atoms with Crippen LogP contribution in [-0.4, -0.2) is 14.5 Å². The molecule has 0 fully saturated rings. The molecule has 0 bridgehead atoms. The van der Waals surface area contributed by atoms with Gasteiger partial charge in [-0.15, -0.1) is 0 Å². The predicted molar refractivity (Wildman–Crippen MR) is 56.7 cm³/mol. The molecule has 0 saturated heterocycles. The van der Waals surface area contributed by atoms with Gasteiger partial charge in [-0.2, -0.15) is 5.26 Å². The number of hydrogen-bond acceptors (Lipinski definition) is 4. The number of benzene rings is 1. The molecule has 1 aromatic heterocycles. The third-order valence-corrected chi connectivity index (χ3v) is 2.37. The van der Waals surface area contributed by atoms with Gasteiger partial charge in [0.1, 0.15) is 11.6 Å². The molecule has 6 heteroatoms. The lowest BCUT2D eigenvalue weighted by molar-refractivity contribution is -0.383. The number of nitriles is 1. The number of nitrogens with zero attached hydrogens (tertiary/aromatic N) is 4. The molecule has 1 atom stereocenters. The summed E-state index contributed by atoms with van der Waals surface area (Å²) in [5.74, 6) is 0. The maximum absolute atomic E-state index is 10.9. The smallest absolute Gasteiger partial charge is 0.295 e. The van der Waals surface area contributed by atoms with Gasteiger partial charge in [0.2, 0.25) is 0 Å². The second-order valence-electron chi connectivity index (χ2n) is 3.36. The van der Waals surface area contributed by atoms with Gasteiger partial charge in [-0.05, 0) is 13.0 Å². The summed E-state index contributed by atoms with van der Waals surface area (Å²) < 4.78 is 1.51. The van der Waals surface area contributed by atoms with E-state index in [9.17, 15) is 10.1 Å². The molecule has 0 saturated carbocycles. The standard InChI is InChI=1S/C10H8N4O2/c1-7(5-11)13-6-12-8-3-2-4-9(10(8)13)14(15)16/h2-4,6-7H,1H3. The van der Waals surface area contributed by atoms with E-state index in [0.717, 1.165) is 0 Å². The Bertz CT molecular complexity index is 596. The van der Waals surface area contributed by atoms with E-state index in [4.69, 9.17) is 5.26 Å². The quantitative estimate of drug-likeness (QED) is 0.567. The van der Waals surface area contributed by atoms with Crippen LogP contribution in [0, 0.1) is 21.4 Å². The van der Waals surface area contributed by atoms with E-state index in [1.807, 2.05) is 6.07 Å². The Morgan fingerprint density at radius 2 is 2.38 bits per heavy atom. The molecule has 0 aliphatic carbocycles. The van der Waals surface area contributed by atoms with E-state index in [1.165, 1.54) is 17.0 Å². The average Bonchev–Trinajstić information content (AvgIpc) is 2.71. The summed E-state index contributed by atoms with van der Waals surface area (Å²) in [5, 5.41) is 19.7. The lowest BCUT2D eigenvalue weighted by Crippen LogP contribution is -2.02. The number of nitro groups is 1. The second-order valence-corrected chi connectivity index (χ2v) is 3.36. The van der Waals surface area contributed by atoms with E-state index < -0.39 is 11.0 Å². The molecule has 2 aromatic rings. The van der Waals surface area contributed by atoms with Crippen LogP contribution in [0.1, 0.15) is 13.0 Å². The van der Waals surface area contributed by atoms with E-state index in [1.54, 1.807) is 19.1 Å². The van der Waals surface area contributed by atoms with Gasteiger partial charge in [0.25, 0.3) is 5.69 Å². The first kappa shape index (κ1) is 10.1. The molecule has 80 valence electrons. The Balaban J connectivity index is 2.79. The lowest BCUT2D eigenvalue weighted by atomic mass is 10.2. The summed E-state index contributed by atoms with van der Waals surface area (Å²) in [6.45, 7) is 1.66. The number of para-hydroxylation sites is 1. The van der Waals surface area contributed by atoms with Crippen LogP contribution < -0.4 is 0 Å². The van der Waals surface area contributed by atoms with Crippen LogP contribution in [0.5, 0.6) is 0 Å². The monoisotopic (exact) mass is 216 g/mol. The van der Waals surface area contributed by atoms with Crippen molar-refractivity contribution in [1.29, 1.82) is 5.26 Å². The number of aromatic nitrogens is 2. The van der Waals surface area contributed by atoms with Crippen molar-refractivity contribution >= 4 is 16.7 Å². The van der Waals surface area contributed by atoms with Gasteiger partial charge in [0.05, 0.1) is 22.8 Å². The van der Waals surface area contributed by atoms with Crippen LogP contribution in [0.2, 0.25) is 0 Å². The fraction of sp³-hybridized carbons (Fsp3) is 0.200. The topological polar surface area (TPSA) is 84.8 Å². The van der Waals surface area contributed by atoms with Gasteiger partial charge in [-0.3, -0.25) is 10.1 Å². The number of non-ortho nitro benzene ring substituents is 1. The van der Waals surface area contributed by atoms with Gasteiger partial charge in [0.15, 0.2) is 0 Å². The summed E-state index contributed by atoms with van der Waals surface area (Å²) in [6.07, 6.45) is 1.45. The molecule has 0 aliphatic rings. The molecule has 6 nitrogen and oxygen atoms in total. The van der Waals surface area contributed by atoms with Crippen LogP contribution in [-0.2, 0) is 0 Å². The first-order chi connectivity index (χ1) is 7.65. The Kier molecular flexibility index (Phi) is 2.29. The molecular weight excluding hydrogens is 208 g/mol. The number of imidazole rings is 1. The van der Waals surface area contributed by atoms with E-state index in [-0.39, 0.29) is 5.69 Å². The second kappa shape index (κ2) is 3.62. The average molecular weight is 216 g/mol. The van der Waals surface area contributed by atoms with Crippen molar-refractivity contribution in [3.63, 3.8) is 0 Å². The molecule has 0 spiro atoms. The zero-order chi connectivity index (χ0) is 11.7. The summed E-state index contributed by atoms with van der Waals surface area (Å²) in [6, 6.07) is 6.21. The van der Waals surface area contributed by atoms with Gasteiger partial charge in [0, 0.05) is 6.07 Å². The Morgan fingerprint density at radius 3 is 3.00 bits per heavy atom. The maximum Gasteiger partial charge on any atom is 0.295 e. The van der Waals surface area contributed by atoms with Crippen molar-refractivity contribution < 1.29 is 4.92 Å². The molecule has 2 rings (SSSR count). The largest absolute Gasteiger partial charge is 0.308 e. The zero-order valence-electron chi connectivity index (χ0n) is 8.49. The number of fused-ring (bicyclic) bond motifs is 1. The normalized spacial score (nSPS) is 12.2. The minimum Gasteiger partial charge on any atom is -0.308 e. The highest BCUT2D eigenvalue weighted by atomic mass is 16.6. The molecule has 1 unspecified atom stereocenters. The number of nitro benzene ring substituents is 1. The van der Waals surface area contributed by atoms with Crippen molar-refractivity contribution in [2.75, 3.05) is 0 Å². The summed E-state index contributed by atoms with van der Waals surface area (Å²) in [7, 11) is 0. The SMILES string of the molecule is CC(C#N)n1cnc2cccc([N+](=O)[O-])c21. The summed E-state index contributed by atoms with van der Waals surface area (Å²) in [4.78, 5) is 14.4. The molecule has 0 N–H and O–H groups in total. The third kappa shape index (κ3) is 1.39. The van der Waals surface area contributed by atoms with Gasteiger partial charge in [-0.25, -0.2) is 4.98 Å². The third-order valence-electron chi connectivity index (χ3n) is 2.37. The summed E-state index contributed by atoms with van der Waals surface area (Å²) >= 11 is 0. The van der Waals surface area contributed by atoms with Crippen LogP contribution in [0.4, 0.5) is 5.69 Å². The van der Waals surface area contributed by atoms with Crippen LogP contribution >= 0.6 is 0 Å². The van der Waals surface area contributed by atoms with Crippen molar-refractivity contribution in [3.05, 3.63) is 34.6 Å². The van der Waals surface area contributed by atoms with Crippen molar-refractivity contribution in [3.8, 4) is 6.07 Å².